The van der Waals surface area contributed by atoms with E-state index in [9.17, 15) is 31.5 Å². The molecule has 35 heavy (non-hydrogen) atoms. The molecule has 1 saturated heterocycles. The van der Waals surface area contributed by atoms with E-state index in [0.717, 1.165) is 0 Å². The van der Waals surface area contributed by atoms with Crippen LogP contribution in [0.2, 0.25) is 5.15 Å². The molecule has 2 atom stereocenters. The molecule has 0 bridgehead atoms. The number of aromatic nitrogens is 2. The van der Waals surface area contributed by atoms with Crippen molar-refractivity contribution in [3.8, 4) is 0 Å². The van der Waals surface area contributed by atoms with Gasteiger partial charge in [-0.2, -0.15) is 13.2 Å². The van der Waals surface area contributed by atoms with Gasteiger partial charge in [0, 0.05) is 25.0 Å². The zero-order valence-electron chi connectivity index (χ0n) is 19.5. The van der Waals surface area contributed by atoms with E-state index in [1.54, 1.807) is 6.92 Å². The number of aryl methyl sites for hydroxylation is 1. The number of amides is 1. The molecular weight excluding hydrogens is 509 g/mol. The summed E-state index contributed by atoms with van der Waals surface area (Å²) in [6.45, 7) is 7.54. The number of nitrogens with one attached hydrogen (secondary N) is 1. The Morgan fingerprint density at radius 3 is 2.43 bits per heavy atom. The molecule has 1 amide bonds. The summed E-state index contributed by atoms with van der Waals surface area (Å²) < 4.78 is 65.8. The topological polar surface area (TPSA) is 112 Å². The van der Waals surface area contributed by atoms with Crippen LogP contribution in [0.25, 0.3) is 0 Å². The minimum absolute atomic E-state index is 0.0787. The molecule has 1 fully saturated rings. The quantitative estimate of drug-likeness (QED) is 0.506. The second-order valence-corrected chi connectivity index (χ2v) is 12.1. The lowest BCUT2D eigenvalue weighted by Crippen LogP contribution is -2.52. The summed E-state index contributed by atoms with van der Waals surface area (Å²) in [5.74, 6) is -0.589. The Labute approximate surface area is 206 Å². The molecule has 1 aliphatic heterocycles. The van der Waals surface area contributed by atoms with Crippen LogP contribution in [0, 0.1) is 18.3 Å². The van der Waals surface area contributed by atoms with Gasteiger partial charge in [0.05, 0.1) is 10.1 Å². The lowest BCUT2D eigenvalue weighted by Gasteiger charge is -2.43. The van der Waals surface area contributed by atoms with E-state index in [4.69, 9.17) is 11.6 Å². The number of halogens is 4. The minimum Gasteiger partial charge on any atom is -0.465 e. The van der Waals surface area contributed by atoms with E-state index >= 15 is 0 Å². The van der Waals surface area contributed by atoms with Gasteiger partial charge in [0.1, 0.15) is 10.7 Å². The van der Waals surface area contributed by atoms with Crippen LogP contribution in [0.3, 0.4) is 0 Å². The van der Waals surface area contributed by atoms with Gasteiger partial charge in [-0.3, -0.25) is 0 Å². The Balaban J connectivity index is 1.88. The summed E-state index contributed by atoms with van der Waals surface area (Å²) in [7, 11) is -3.81. The van der Waals surface area contributed by atoms with Crippen LogP contribution >= 0.6 is 11.6 Å². The van der Waals surface area contributed by atoms with E-state index in [-0.39, 0.29) is 30.4 Å². The summed E-state index contributed by atoms with van der Waals surface area (Å²) in [5.41, 5.74) is -0.722. The number of hydrogen-bond donors (Lipinski definition) is 2. The van der Waals surface area contributed by atoms with Crippen molar-refractivity contribution < 1.29 is 31.5 Å². The van der Waals surface area contributed by atoms with Gasteiger partial charge in [0.15, 0.2) is 9.84 Å². The number of anilines is 2. The summed E-state index contributed by atoms with van der Waals surface area (Å²) in [6.07, 6.45) is -5.02. The molecule has 192 valence electrons. The first-order valence-electron chi connectivity index (χ1n) is 10.7. The van der Waals surface area contributed by atoms with Crippen LogP contribution in [-0.2, 0) is 16.0 Å². The monoisotopic (exact) mass is 534 g/mol. The number of sulfone groups is 1. The van der Waals surface area contributed by atoms with E-state index in [1.165, 1.54) is 23.1 Å². The smallest absolute Gasteiger partial charge is 0.420 e. The molecule has 2 aromatic rings. The molecule has 1 aromatic carbocycles. The van der Waals surface area contributed by atoms with Crippen LogP contribution in [0.5, 0.6) is 0 Å². The second kappa shape index (κ2) is 9.45. The van der Waals surface area contributed by atoms with E-state index in [2.05, 4.69) is 15.3 Å². The van der Waals surface area contributed by atoms with Gasteiger partial charge < -0.3 is 15.3 Å². The van der Waals surface area contributed by atoms with E-state index in [1.807, 2.05) is 20.8 Å². The molecule has 0 aliphatic carbocycles. The highest BCUT2D eigenvalue weighted by molar-refractivity contribution is 7.92. The number of alkyl halides is 3. The van der Waals surface area contributed by atoms with Crippen LogP contribution in [-0.4, -0.2) is 52.8 Å². The number of benzene rings is 1. The Bertz CT molecular complexity index is 1230. The highest BCUT2D eigenvalue weighted by Gasteiger charge is 2.45. The molecule has 3 rings (SSSR count). The molecule has 13 heteroatoms. The van der Waals surface area contributed by atoms with Crippen molar-refractivity contribution in [1.82, 2.24) is 14.9 Å². The van der Waals surface area contributed by atoms with Crippen LogP contribution < -0.4 is 5.32 Å². The third-order valence-electron chi connectivity index (χ3n) is 6.15. The molecule has 1 aromatic heterocycles. The molecule has 2 N–H and O–H groups in total. The van der Waals surface area contributed by atoms with Gasteiger partial charge in [-0.05, 0) is 48.4 Å². The molecular formula is C22H26ClF3N4O4S. The van der Waals surface area contributed by atoms with Crippen molar-refractivity contribution in [1.29, 1.82) is 0 Å². The predicted octanol–water partition coefficient (Wildman–Crippen LogP) is 5.39. The lowest BCUT2D eigenvalue weighted by molar-refractivity contribution is -0.137. The van der Waals surface area contributed by atoms with Gasteiger partial charge in [-0.1, -0.05) is 32.4 Å². The number of carbonyl (C=O) groups is 1. The number of likely N-dealkylation sites (tertiary alicyclic amines) is 1. The van der Waals surface area contributed by atoms with Crippen molar-refractivity contribution in [2.24, 2.45) is 11.3 Å². The highest BCUT2D eigenvalue weighted by atomic mass is 35.5. The molecule has 0 saturated carbocycles. The van der Waals surface area contributed by atoms with Gasteiger partial charge in [0.2, 0.25) is 5.95 Å². The number of piperidine rings is 1. The zero-order chi connectivity index (χ0) is 26.3. The Hall–Kier alpha value is -2.60. The predicted molar refractivity (Wildman–Crippen MR) is 125 cm³/mol. The zero-order valence-corrected chi connectivity index (χ0v) is 21.1. The first-order valence-corrected chi connectivity index (χ1v) is 12.6. The van der Waals surface area contributed by atoms with Crippen molar-refractivity contribution >= 4 is 39.2 Å². The lowest BCUT2D eigenvalue weighted by atomic mass is 9.76. The average Bonchev–Trinajstić information content (AvgIpc) is 2.73. The van der Waals surface area contributed by atoms with Crippen molar-refractivity contribution in [2.45, 2.75) is 50.4 Å². The summed E-state index contributed by atoms with van der Waals surface area (Å²) in [5, 5.41) is 10.6. The maximum Gasteiger partial charge on any atom is 0.420 e. The normalized spacial score (nSPS) is 19.5. The molecule has 0 spiro atoms. The molecule has 0 radical (unpaired) electrons. The maximum atomic E-state index is 13.6. The first kappa shape index (κ1) is 27.0. The number of hydrogen-bond acceptors (Lipinski definition) is 6. The van der Waals surface area contributed by atoms with Crippen molar-refractivity contribution in [3.63, 3.8) is 0 Å². The number of nitrogens with zero attached hydrogens (tertiary/aromatic N) is 3. The van der Waals surface area contributed by atoms with Crippen LogP contribution in [0.1, 0.15) is 38.3 Å². The highest BCUT2D eigenvalue weighted by Crippen LogP contribution is 2.40. The SMILES string of the molecule is Cc1cc(S(=O)(=O)C2CCN(C(=O)O)CC2C(C)(C)C)ccc1Nc1ncc(C(F)(F)F)c(Cl)n1. The van der Waals surface area contributed by atoms with Gasteiger partial charge in [-0.15, -0.1) is 0 Å². The Kier molecular flexibility index (Phi) is 7.29. The fraction of sp³-hybridized carbons (Fsp3) is 0.500. The first-order chi connectivity index (χ1) is 16.0. The molecule has 8 nitrogen and oxygen atoms in total. The van der Waals surface area contributed by atoms with Crippen LogP contribution in [0.4, 0.5) is 29.6 Å². The third kappa shape index (κ3) is 5.80. The standard InChI is InChI=1S/C22H26ClF3N4O4S/c1-12-9-13(5-6-16(12)28-19-27-10-14(18(23)29-19)22(24,25)26)35(33,34)17-7-8-30(20(31)32)11-15(17)21(2,3)4/h5-6,9-10,15,17H,7-8,11H2,1-4H3,(H,31,32)(H,27,28,29). The summed E-state index contributed by atoms with van der Waals surface area (Å²) in [4.78, 5) is 20.1. The molecule has 2 heterocycles. The van der Waals surface area contributed by atoms with Gasteiger partial charge in [-0.25, -0.2) is 23.2 Å². The van der Waals surface area contributed by atoms with E-state index < -0.39 is 49.4 Å². The largest absolute Gasteiger partial charge is 0.465 e. The fourth-order valence-electron chi connectivity index (χ4n) is 4.17. The minimum atomic E-state index is -4.69. The Morgan fingerprint density at radius 2 is 1.91 bits per heavy atom. The number of carboxylic acid groups (broad SMARTS) is 1. The summed E-state index contributed by atoms with van der Waals surface area (Å²) in [6, 6.07) is 4.35. The number of rotatable bonds is 4. The van der Waals surface area contributed by atoms with Gasteiger partial charge >= 0.3 is 12.3 Å². The average molecular weight is 535 g/mol. The van der Waals surface area contributed by atoms with E-state index in [0.29, 0.717) is 17.4 Å². The molecule has 2 unspecified atom stereocenters. The van der Waals surface area contributed by atoms with Gasteiger partial charge in [0.25, 0.3) is 0 Å². The van der Waals surface area contributed by atoms with Crippen molar-refractivity contribution in [2.75, 3.05) is 18.4 Å². The Morgan fingerprint density at radius 1 is 1.26 bits per heavy atom. The molecule has 1 aliphatic rings. The van der Waals surface area contributed by atoms with Crippen LogP contribution in [0.15, 0.2) is 29.3 Å². The fourth-order valence-corrected chi connectivity index (χ4v) is 6.69. The second-order valence-electron chi connectivity index (χ2n) is 9.57. The summed E-state index contributed by atoms with van der Waals surface area (Å²) >= 11 is 5.64. The maximum absolute atomic E-state index is 13.6. The van der Waals surface area contributed by atoms with Crippen molar-refractivity contribution in [3.05, 3.63) is 40.7 Å². The third-order valence-corrected chi connectivity index (χ3v) is 8.71.